The fourth-order valence-corrected chi connectivity index (χ4v) is 4.02. The van der Waals surface area contributed by atoms with Gasteiger partial charge in [-0.05, 0) is 0 Å². The van der Waals surface area contributed by atoms with Crippen LogP contribution in [0.2, 0.25) is 13.1 Å². The summed E-state index contributed by atoms with van der Waals surface area (Å²) >= 11 is 0. The summed E-state index contributed by atoms with van der Waals surface area (Å²) in [7, 11) is 1.08. The molecular weight excluding hydrogens is 614 g/mol. The van der Waals surface area contributed by atoms with Gasteiger partial charge < -0.3 is 24.8 Å². The van der Waals surface area contributed by atoms with Gasteiger partial charge in [-0.3, -0.25) is 0 Å². The zero-order valence-corrected chi connectivity index (χ0v) is 26.5. The zero-order valence-electron chi connectivity index (χ0n) is 20.4. The summed E-state index contributed by atoms with van der Waals surface area (Å²) in [6.07, 6.45) is 4.88. The van der Waals surface area contributed by atoms with Gasteiger partial charge in [-0.2, -0.15) is 11.1 Å². The molecule has 0 atom stereocenters. The SMILES string of the molecule is CCCc1c(C)[cH-]c2ccccc12.CCCc1c(C)[cH-]c2ccccc12.C[Si]C.[Cl-].[Cl-].[Hf+4]. The second kappa shape index (κ2) is 17.8. The third kappa shape index (κ3) is 8.93. The van der Waals surface area contributed by atoms with E-state index >= 15 is 0 Å². The van der Waals surface area contributed by atoms with E-state index in [1.165, 1.54) is 69.5 Å². The van der Waals surface area contributed by atoms with Crippen molar-refractivity contribution in [2.45, 2.75) is 66.5 Å². The van der Waals surface area contributed by atoms with Crippen LogP contribution in [0.15, 0.2) is 60.7 Å². The summed E-state index contributed by atoms with van der Waals surface area (Å²) in [5.41, 5.74) is 5.97. The molecule has 0 saturated carbocycles. The second-order valence-electron chi connectivity index (χ2n) is 7.79. The Morgan fingerprint density at radius 1 is 0.656 bits per heavy atom. The predicted molar refractivity (Wildman–Crippen MR) is 134 cm³/mol. The minimum absolute atomic E-state index is 0. The molecule has 4 aromatic rings. The quantitative estimate of drug-likeness (QED) is 0.236. The average molecular weight is 650 g/mol. The van der Waals surface area contributed by atoms with E-state index in [1.54, 1.807) is 0 Å². The van der Waals surface area contributed by atoms with Crippen molar-refractivity contribution in [2.75, 3.05) is 0 Å². The van der Waals surface area contributed by atoms with E-state index in [4.69, 9.17) is 0 Å². The Labute approximate surface area is 229 Å². The molecule has 4 rings (SSSR count). The Balaban J connectivity index is 0. The molecule has 0 aliphatic heterocycles. The number of hydrogen-bond acceptors (Lipinski definition) is 0. The Kier molecular flexibility index (Phi) is 18.6. The molecule has 0 amide bonds. The first-order valence-corrected chi connectivity index (χ1v) is 12.9. The monoisotopic (exact) mass is 650 g/mol. The standard InChI is InChI=1S/2C13H15.C2H6Si.2ClH.Hf/c2*1-3-6-12-10(2)9-11-7-4-5-8-13(11)12;1-3-2;;;/h2*4-5,7-9H,3,6H2,1-2H3;1-2H3;2*1H;/q2*-1;;;;+4/p-2. The van der Waals surface area contributed by atoms with Crippen molar-refractivity contribution >= 4 is 31.1 Å². The molecule has 0 aliphatic carbocycles. The van der Waals surface area contributed by atoms with Gasteiger partial charge in [-0.25, -0.2) is 0 Å². The molecule has 0 fully saturated rings. The number of rotatable bonds is 4. The van der Waals surface area contributed by atoms with Crippen LogP contribution in [0, 0.1) is 13.8 Å². The van der Waals surface area contributed by atoms with E-state index in [0.29, 0.717) is 0 Å². The molecule has 0 aliphatic rings. The Morgan fingerprint density at radius 3 is 1.28 bits per heavy atom. The third-order valence-electron chi connectivity index (χ3n) is 5.27. The van der Waals surface area contributed by atoms with E-state index in [0.717, 1.165) is 9.52 Å². The zero-order chi connectivity index (χ0) is 21.2. The van der Waals surface area contributed by atoms with Gasteiger partial charge in [0.1, 0.15) is 0 Å². The van der Waals surface area contributed by atoms with Crippen LogP contribution in [0.25, 0.3) is 21.5 Å². The first-order chi connectivity index (χ1) is 14.1. The fourth-order valence-electron chi connectivity index (χ4n) is 4.02. The third-order valence-corrected chi connectivity index (χ3v) is 5.27. The molecule has 32 heavy (non-hydrogen) atoms. The van der Waals surface area contributed by atoms with Crippen molar-refractivity contribution in [2.24, 2.45) is 0 Å². The molecule has 0 saturated heterocycles. The van der Waals surface area contributed by atoms with Crippen LogP contribution in [-0.4, -0.2) is 9.52 Å². The Hall–Kier alpha value is -0.673. The van der Waals surface area contributed by atoms with Crippen molar-refractivity contribution in [3.63, 3.8) is 0 Å². The summed E-state index contributed by atoms with van der Waals surface area (Å²) in [5, 5.41) is 5.68. The maximum Gasteiger partial charge on any atom is 4.00 e. The van der Waals surface area contributed by atoms with Gasteiger partial charge in [0.05, 0.1) is 0 Å². The fraction of sp³-hybridized carbons (Fsp3) is 0.357. The first kappa shape index (κ1) is 33.5. The second-order valence-corrected chi connectivity index (χ2v) is 8.79. The van der Waals surface area contributed by atoms with Gasteiger partial charge in [-0.1, -0.05) is 78.6 Å². The number of hydrogen-bond donors (Lipinski definition) is 0. The molecule has 0 unspecified atom stereocenters. The summed E-state index contributed by atoms with van der Waals surface area (Å²) < 4.78 is 0. The van der Waals surface area contributed by atoms with Crippen LogP contribution < -0.4 is 24.8 Å². The van der Waals surface area contributed by atoms with E-state index in [9.17, 15) is 0 Å². The van der Waals surface area contributed by atoms with E-state index in [-0.39, 0.29) is 50.7 Å². The van der Waals surface area contributed by atoms with E-state index in [1.807, 2.05) is 0 Å². The largest absolute Gasteiger partial charge is 4.00 e. The Morgan fingerprint density at radius 2 is 0.969 bits per heavy atom. The molecule has 0 heterocycles. The maximum atomic E-state index is 2.29. The topological polar surface area (TPSA) is 0 Å². The first-order valence-electron chi connectivity index (χ1n) is 10.9. The summed E-state index contributed by atoms with van der Waals surface area (Å²) in [4.78, 5) is 0. The number of fused-ring (bicyclic) bond motifs is 2. The minimum Gasteiger partial charge on any atom is -1.00 e. The maximum absolute atomic E-state index is 2.29. The van der Waals surface area contributed by atoms with Gasteiger partial charge in [0.15, 0.2) is 0 Å². The normalized spacial score (nSPS) is 9.44. The van der Waals surface area contributed by atoms with Crippen LogP contribution in [-0.2, 0) is 38.7 Å². The van der Waals surface area contributed by atoms with E-state index in [2.05, 4.69) is 101 Å². The molecule has 0 aromatic heterocycles. The molecule has 0 nitrogen and oxygen atoms in total. The number of halogens is 2. The number of benzene rings is 2. The minimum atomic E-state index is 0. The van der Waals surface area contributed by atoms with Gasteiger partial charge in [0, 0.05) is 9.52 Å². The van der Waals surface area contributed by atoms with Crippen molar-refractivity contribution in [1.29, 1.82) is 0 Å². The van der Waals surface area contributed by atoms with Crippen LogP contribution in [0.5, 0.6) is 0 Å². The van der Waals surface area contributed by atoms with Crippen LogP contribution in [0.3, 0.4) is 0 Å². The molecule has 0 spiro atoms. The molecule has 170 valence electrons. The van der Waals surface area contributed by atoms with Gasteiger partial charge >= 0.3 is 25.8 Å². The smallest absolute Gasteiger partial charge is 1.00 e. The summed E-state index contributed by atoms with van der Waals surface area (Å²) in [6, 6.07) is 21.9. The molecule has 2 radical (unpaired) electrons. The van der Waals surface area contributed by atoms with Crippen LogP contribution in [0.1, 0.15) is 48.9 Å². The summed E-state index contributed by atoms with van der Waals surface area (Å²) in [6.45, 7) is 13.2. The van der Waals surface area contributed by atoms with Gasteiger partial charge in [-0.15, -0.1) is 81.2 Å². The predicted octanol–water partition coefficient (Wildman–Crippen LogP) is 2.43. The van der Waals surface area contributed by atoms with Crippen molar-refractivity contribution in [3.05, 3.63) is 82.9 Å². The van der Waals surface area contributed by atoms with E-state index < -0.39 is 0 Å². The summed E-state index contributed by atoms with van der Waals surface area (Å²) in [5.74, 6) is 0. The molecular formula is C28H36Cl2HfSi. The molecule has 4 aromatic carbocycles. The Bertz CT molecular complexity index is 935. The molecule has 0 N–H and O–H groups in total. The van der Waals surface area contributed by atoms with Crippen molar-refractivity contribution in [3.8, 4) is 0 Å². The molecule has 0 bridgehead atoms. The van der Waals surface area contributed by atoms with Crippen molar-refractivity contribution in [1.82, 2.24) is 0 Å². The van der Waals surface area contributed by atoms with Crippen LogP contribution >= 0.6 is 0 Å². The van der Waals surface area contributed by atoms with Crippen molar-refractivity contribution < 1.29 is 50.7 Å². The van der Waals surface area contributed by atoms with Crippen LogP contribution in [0.4, 0.5) is 0 Å². The number of aryl methyl sites for hydroxylation is 4. The van der Waals surface area contributed by atoms with Gasteiger partial charge in [0.25, 0.3) is 0 Å². The average Bonchev–Trinajstić information content (AvgIpc) is 3.20. The van der Waals surface area contributed by atoms with Gasteiger partial charge in [0.2, 0.25) is 0 Å². The molecule has 4 heteroatoms.